The molecule has 0 spiro atoms. The van der Waals surface area contributed by atoms with E-state index in [1.807, 2.05) is 18.2 Å². The summed E-state index contributed by atoms with van der Waals surface area (Å²) in [7, 11) is 0. The molecule has 2 aromatic rings. The lowest BCUT2D eigenvalue weighted by Gasteiger charge is -2.26. The zero-order chi connectivity index (χ0) is 15.0. The molecule has 3 nitrogen and oxygen atoms in total. The molecule has 1 aliphatic rings. The Labute approximate surface area is 132 Å². The number of para-hydroxylation sites is 1. The normalized spacial score (nSPS) is 17.0. The lowest BCUT2D eigenvalue weighted by atomic mass is 9.95. The maximum absolute atomic E-state index is 11.4. The lowest BCUT2D eigenvalue weighted by Crippen LogP contribution is -2.36. The van der Waals surface area contributed by atoms with Crippen molar-refractivity contribution < 1.29 is 9.53 Å². The van der Waals surface area contributed by atoms with Crippen LogP contribution < -0.4 is 10.5 Å². The molecule has 1 atom stereocenters. The minimum atomic E-state index is -0.611. The molecular formula is C16H13Cl2NO2. The summed E-state index contributed by atoms with van der Waals surface area (Å²) in [5, 5.41) is 1.08. The molecule has 2 aromatic carbocycles. The van der Waals surface area contributed by atoms with Crippen molar-refractivity contribution in [1.29, 1.82) is 0 Å². The summed E-state index contributed by atoms with van der Waals surface area (Å²) in [6.07, 6.45) is 0.709. The molecule has 0 saturated carbocycles. The van der Waals surface area contributed by atoms with Crippen LogP contribution in [0.4, 0.5) is 0 Å². The zero-order valence-corrected chi connectivity index (χ0v) is 12.6. The molecule has 0 aliphatic carbocycles. The van der Waals surface area contributed by atoms with E-state index in [1.54, 1.807) is 18.2 Å². The SMILES string of the molecule is NC(=O)C1CCc2cccc(-c3c(Cl)cccc3Cl)c2O1. The topological polar surface area (TPSA) is 52.3 Å². The maximum atomic E-state index is 11.4. The Hall–Kier alpha value is -1.71. The Kier molecular flexibility index (Phi) is 3.79. The second-order valence-electron chi connectivity index (χ2n) is 4.94. The van der Waals surface area contributed by atoms with Crippen LogP contribution >= 0.6 is 23.2 Å². The predicted molar refractivity (Wildman–Crippen MR) is 83.8 cm³/mol. The number of amides is 1. The fourth-order valence-corrected chi connectivity index (χ4v) is 3.16. The fourth-order valence-electron chi connectivity index (χ4n) is 2.56. The lowest BCUT2D eigenvalue weighted by molar-refractivity contribution is -0.125. The van der Waals surface area contributed by atoms with Crippen LogP contribution in [0.25, 0.3) is 11.1 Å². The van der Waals surface area contributed by atoms with Crippen molar-refractivity contribution in [2.75, 3.05) is 0 Å². The molecule has 1 heterocycles. The fraction of sp³-hybridized carbons (Fsp3) is 0.188. The number of rotatable bonds is 2. The van der Waals surface area contributed by atoms with Crippen LogP contribution in [0.15, 0.2) is 36.4 Å². The van der Waals surface area contributed by atoms with Crippen molar-refractivity contribution in [1.82, 2.24) is 0 Å². The molecule has 0 bridgehead atoms. The van der Waals surface area contributed by atoms with Gasteiger partial charge < -0.3 is 10.5 Å². The molecular weight excluding hydrogens is 309 g/mol. The van der Waals surface area contributed by atoms with Gasteiger partial charge in [-0.15, -0.1) is 0 Å². The standard InChI is InChI=1S/C16H13Cl2NO2/c17-11-5-2-6-12(18)14(11)10-4-1-3-9-7-8-13(16(19)20)21-15(9)10/h1-6,13H,7-8H2,(H2,19,20). The van der Waals surface area contributed by atoms with E-state index in [0.717, 1.165) is 17.5 Å². The van der Waals surface area contributed by atoms with Crippen LogP contribution in [0.5, 0.6) is 5.75 Å². The highest BCUT2D eigenvalue weighted by molar-refractivity contribution is 6.39. The number of ether oxygens (including phenoxy) is 1. The number of primary amides is 1. The monoisotopic (exact) mass is 321 g/mol. The van der Waals surface area contributed by atoms with Gasteiger partial charge in [-0.3, -0.25) is 4.79 Å². The van der Waals surface area contributed by atoms with Gasteiger partial charge in [0, 0.05) is 11.1 Å². The number of hydrogen-bond acceptors (Lipinski definition) is 2. The third kappa shape index (κ3) is 2.59. The smallest absolute Gasteiger partial charge is 0.258 e. The van der Waals surface area contributed by atoms with Crippen molar-refractivity contribution in [2.24, 2.45) is 5.73 Å². The van der Waals surface area contributed by atoms with E-state index in [4.69, 9.17) is 33.7 Å². The van der Waals surface area contributed by atoms with Crippen LogP contribution in [0.1, 0.15) is 12.0 Å². The molecule has 1 unspecified atom stereocenters. The molecule has 1 aliphatic heterocycles. The zero-order valence-electron chi connectivity index (χ0n) is 11.1. The molecule has 3 rings (SSSR count). The largest absolute Gasteiger partial charge is 0.480 e. The average molecular weight is 322 g/mol. The van der Waals surface area contributed by atoms with Gasteiger partial charge in [0.2, 0.25) is 0 Å². The molecule has 0 aromatic heterocycles. The van der Waals surface area contributed by atoms with E-state index in [2.05, 4.69) is 0 Å². The maximum Gasteiger partial charge on any atom is 0.258 e. The predicted octanol–water partition coefficient (Wildman–Crippen LogP) is 3.84. The first-order valence-corrected chi connectivity index (χ1v) is 7.36. The first-order valence-electron chi connectivity index (χ1n) is 6.60. The third-order valence-electron chi connectivity index (χ3n) is 3.58. The van der Waals surface area contributed by atoms with Crippen molar-refractivity contribution in [2.45, 2.75) is 18.9 Å². The number of benzene rings is 2. The average Bonchev–Trinajstić information content (AvgIpc) is 2.46. The highest BCUT2D eigenvalue weighted by Gasteiger charge is 2.27. The van der Waals surface area contributed by atoms with Gasteiger partial charge in [0.1, 0.15) is 5.75 Å². The summed E-state index contributed by atoms with van der Waals surface area (Å²) in [4.78, 5) is 11.4. The Bertz CT molecular complexity index is 695. The van der Waals surface area contributed by atoms with Crippen LogP contribution in [-0.2, 0) is 11.2 Å². The summed E-state index contributed by atoms with van der Waals surface area (Å²) >= 11 is 12.5. The van der Waals surface area contributed by atoms with Gasteiger partial charge in [0.25, 0.3) is 5.91 Å². The molecule has 0 fully saturated rings. The number of halogens is 2. The summed E-state index contributed by atoms with van der Waals surface area (Å²) < 4.78 is 5.80. The van der Waals surface area contributed by atoms with Crippen LogP contribution in [0, 0.1) is 0 Å². The molecule has 21 heavy (non-hydrogen) atoms. The quantitative estimate of drug-likeness (QED) is 0.913. The van der Waals surface area contributed by atoms with Crippen LogP contribution in [0.2, 0.25) is 10.0 Å². The molecule has 5 heteroatoms. The Morgan fingerprint density at radius 1 is 1.14 bits per heavy atom. The minimum absolute atomic E-state index is 0.458. The Morgan fingerprint density at radius 2 is 1.81 bits per heavy atom. The molecule has 1 amide bonds. The van der Waals surface area contributed by atoms with E-state index < -0.39 is 12.0 Å². The first-order chi connectivity index (χ1) is 10.1. The van der Waals surface area contributed by atoms with Gasteiger partial charge in [-0.2, -0.15) is 0 Å². The second-order valence-corrected chi connectivity index (χ2v) is 5.75. The summed E-state index contributed by atoms with van der Waals surface area (Å²) in [5.74, 6) is 0.184. The van der Waals surface area contributed by atoms with E-state index in [9.17, 15) is 4.79 Å². The van der Waals surface area contributed by atoms with E-state index in [1.165, 1.54) is 0 Å². The van der Waals surface area contributed by atoms with Crippen molar-refractivity contribution >= 4 is 29.1 Å². The summed E-state index contributed by atoms with van der Waals surface area (Å²) in [6.45, 7) is 0. The number of carbonyl (C=O) groups excluding carboxylic acids is 1. The van der Waals surface area contributed by atoms with E-state index in [0.29, 0.717) is 27.8 Å². The highest BCUT2D eigenvalue weighted by Crippen LogP contribution is 2.43. The number of nitrogens with two attached hydrogens (primary N) is 1. The van der Waals surface area contributed by atoms with Crippen molar-refractivity contribution in [3.05, 3.63) is 52.0 Å². The molecule has 108 valence electrons. The summed E-state index contributed by atoms with van der Waals surface area (Å²) in [6, 6.07) is 11.1. The van der Waals surface area contributed by atoms with Crippen molar-refractivity contribution in [3.8, 4) is 16.9 Å². The number of hydrogen-bond donors (Lipinski definition) is 1. The van der Waals surface area contributed by atoms with Gasteiger partial charge in [0.05, 0.1) is 10.0 Å². The van der Waals surface area contributed by atoms with Gasteiger partial charge >= 0.3 is 0 Å². The molecule has 2 N–H and O–H groups in total. The number of aryl methyl sites for hydroxylation is 1. The van der Waals surface area contributed by atoms with Crippen molar-refractivity contribution in [3.63, 3.8) is 0 Å². The van der Waals surface area contributed by atoms with Gasteiger partial charge in [-0.25, -0.2) is 0 Å². The number of fused-ring (bicyclic) bond motifs is 1. The van der Waals surface area contributed by atoms with Gasteiger partial charge in [-0.05, 0) is 30.5 Å². The first kappa shape index (κ1) is 14.2. The Morgan fingerprint density at radius 3 is 2.48 bits per heavy atom. The van der Waals surface area contributed by atoms with Gasteiger partial charge in [0.15, 0.2) is 6.10 Å². The van der Waals surface area contributed by atoms with Crippen LogP contribution in [-0.4, -0.2) is 12.0 Å². The summed E-state index contributed by atoms with van der Waals surface area (Å²) in [5.41, 5.74) is 7.88. The number of carbonyl (C=O) groups is 1. The van der Waals surface area contributed by atoms with Crippen LogP contribution in [0.3, 0.4) is 0 Å². The Balaban J connectivity index is 2.15. The molecule has 0 radical (unpaired) electrons. The highest BCUT2D eigenvalue weighted by atomic mass is 35.5. The van der Waals surface area contributed by atoms with E-state index in [-0.39, 0.29) is 0 Å². The molecule has 0 saturated heterocycles. The van der Waals surface area contributed by atoms with Gasteiger partial charge in [-0.1, -0.05) is 47.5 Å². The minimum Gasteiger partial charge on any atom is -0.480 e. The third-order valence-corrected chi connectivity index (χ3v) is 4.21. The second kappa shape index (κ2) is 5.58. The van der Waals surface area contributed by atoms with E-state index >= 15 is 0 Å².